The van der Waals surface area contributed by atoms with E-state index in [1.807, 2.05) is 44.2 Å². The van der Waals surface area contributed by atoms with Gasteiger partial charge in [0.2, 0.25) is 5.91 Å². The van der Waals surface area contributed by atoms with Crippen LogP contribution < -0.4 is 5.32 Å². The van der Waals surface area contributed by atoms with Crippen molar-refractivity contribution in [3.05, 3.63) is 51.9 Å². The Morgan fingerprint density at radius 1 is 1.07 bits per heavy atom. The molecule has 0 radical (unpaired) electrons. The molecule has 0 atom stereocenters. The van der Waals surface area contributed by atoms with Gasteiger partial charge in [-0.15, -0.1) is 11.3 Å². The van der Waals surface area contributed by atoms with E-state index in [1.165, 1.54) is 0 Å². The van der Waals surface area contributed by atoms with Gasteiger partial charge in [-0.1, -0.05) is 44.2 Å². The summed E-state index contributed by atoms with van der Waals surface area (Å²) < 4.78 is 10.5. The molecular weight excluding hydrogens is 378 g/mol. The van der Waals surface area contributed by atoms with Crippen LogP contribution >= 0.6 is 11.3 Å². The van der Waals surface area contributed by atoms with Gasteiger partial charge >= 0.3 is 11.9 Å². The number of benzene rings is 1. The lowest BCUT2D eigenvalue weighted by molar-refractivity contribution is -0.116. The summed E-state index contributed by atoms with van der Waals surface area (Å²) in [5.74, 6) is -1.16. The highest BCUT2D eigenvalue weighted by Gasteiger charge is 2.27. The average molecular weight is 404 g/mol. The zero-order valence-electron chi connectivity index (χ0n) is 16.5. The molecule has 1 aromatic carbocycles. The minimum atomic E-state index is -0.571. The van der Waals surface area contributed by atoms with Crippen LogP contribution in [0.3, 0.4) is 0 Å². The fourth-order valence-electron chi connectivity index (χ4n) is 2.58. The third-order valence-electron chi connectivity index (χ3n) is 3.87. The number of thiophene rings is 1. The molecule has 6 nitrogen and oxygen atoms in total. The lowest BCUT2D eigenvalue weighted by atomic mass is 10.1. The molecule has 150 valence electrons. The van der Waals surface area contributed by atoms with E-state index in [2.05, 4.69) is 5.32 Å². The smallest absolute Gasteiger partial charge is 0.349 e. The van der Waals surface area contributed by atoms with Crippen molar-refractivity contribution in [3.63, 3.8) is 0 Å². The van der Waals surface area contributed by atoms with Crippen LogP contribution in [-0.2, 0) is 20.9 Å². The summed E-state index contributed by atoms with van der Waals surface area (Å²) in [7, 11) is 0. The van der Waals surface area contributed by atoms with Crippen molar-refractivity contribution in [1.29, 1.82) is 0 Å². The number of carbonyl (C=O) groups is 3. The van der Waals surface area contributed by atoms with E-state index in [-0.39, 0.29) is 35.5 Å². The van der Waals surface area contributed by atoms with E-state index in [9.17, 15) is 14.4 Å². The van der Waals surface area contributed by atoms with Crippen LogP contribution in [0.2, 0.25) is 0 Å². The van der Waals surface area contributed by atoms with Crippen LogP contribution in [0.1, 0.15) is 58.3 Å². The summed E-state index contributed by atoms with van der Waals surface area (Å²) in [6.45, 7) is 7.53. The number of anilines is 1. The number of nitrogens with one attached hydrogen (secondary N) is 1. The Balaban J connectivity index is 2.25. The molecule has 28 heavy (non-hydrogen) atoms. The number of rotatable bonds is 8. The van der Waals surface area contributed by atoms with Gasteiger partial charge in [0.05, 0.1) is 12.2 Å². The quantitative estimate of drug-likeness (QED) is 0.653. The van der Waals surface area contributed by atoms with Gasteiger partial charge in [0.1, 0.15) is 16.5 Å². The summed E-state index contributed by atoms with van der Waals surface area (Å²) >= 11 is 1.03. The molecule has 2 aromatic rings. The van der Waals surface area contributed by atoms with Crippen LogP contribution in [0.15, 0.2) is 30.3 Å². The molecule has 1 amide bonds. The lowest BCUT2D eigenvalue weighted by Crippen LogP contribution is -2.16. The monoisotopic (exact) mass is 403 g/mol. The van der Waals surface area contributed by atoms with Gasteiger partial charge in [-0.3, -0.25) is 4.79 Å². The summed E-state index contributed by atoms with van der Waals surface area (Å²) in [5, 5.41) is 3.06. The summed E-state index contributed by atoms with van der Waals surface area (Å²) in [4.78, 5) is 37.4. The first-order chi connectivity index (χ1) is 13.3. The molecule has 7 heteroatoms. The summed E-state index contributed by atoms with van der Waals surface area (Å²) in [5.41, 5.74) is 1.51. The van der Waals surface area contributed by atoms with E-state index >= 15 is 0 Å². The van der Waals surface area contributed by atoms with Crippen molar-refractivity contribution in [3.8, 4) is 0 Å². The molecule has 1 aromatic heterocycles. The van der Waals surface area contributed by atoms with Crippen LogP contribution in [0.4, 0.5) is 5.00 Å². The standard InChI is InChI=1S/C21H25NO5S/c1-5-26-20(24)17-14(4)18(28-19(17)22-16(23)11-13(2)3)21(25)27-12-15-9-7-6-8-10-15/h6-10,13H,5,11-12H2,1-4H3,(H,22,23). The highest BCUT2D eigenvalue weighted by atomic mass is 32.1. The normalized spacial score (nSPS) is 10.6. The minimum absolute atomic E-state index is 0.126. The van der Waals surface area contributed by atoms with Gasteiger partial charge < -0.3 is 14.8 Å². The first-order valence-electron chi connectivity index (χ1n) is 9.14. The van der Waals surface area contributed by atoms with Crippen molar-refractivity contribution in [2.45, 2.75) is 40.7 Å². The Labute approximate surface area is 168 Å². The maximum Gasteiger partial charge on any atom is 0.349 e. The molecule has 0 aliphatic heterocycles. The SMILES string of the molecule is CCOC(=O)c1c(NC(=O)CC(C)C)sc(C(=O)OCc2ccccc2)c1C. The highest BCUT2D eigenvalue weighted by Crippen LogP contribution is 2.34. The van der Waals surface area contributed by atoms with Crippen LogP contribution in [-0.4, -0.2) is 24.5 Å². The van der Waals surface area contributed by atoms with E-state index in [4.69, 9.17) is 9.47 Å². The van der Waals surface area contributed by atoms with E-state index in [1.54, 1.807) is 13.8 Å². The third-order valence-corrected chi connectivity index (χ3v) is 5.06. The number of hydrogen-bond acceptors (Lipinski definition) is 6. The molecule has 0 fully saturated rings. The molecule has 0 aliphatic carbocycles. The second kappa shape index (κ2) is 10.0. The van der Waals surface area contributed by atoms with Gasteiger partial charge in [-0.25, -0.2) is 9.59 Å². The highest BCUT2D eigenvalue weighted by molar-refractivity contribution is 7.18. The van der Waals surface area contributed by atoms with Crippen molar-refractivity contribution in [1.82, 2.24) is 0 Å². The number of hydrogen-bond donors (Lipinski definition) is 1. The summed E-state index contributed by atoms with van der Waals surface area (Å²) in [6.07, 6.45) is 0.312. The molecule has 0 spiro atoms. The van der Waals surface area contributed by atoms with Crippen LogP contribution in [0.25, 0.3) is 0 Å². The second-order valence-corrected chi connectivity index (χ2v) is 7.71. The van der Waals surface area contributed by atoms with Gasteiger partial charge in [-0.05, 0) is 30.9 Å². The van der Waals surface area contributed by atoms with Crippen LogP contribution in [0.5, 0.6) is 0 Å². The zero-order valence-corrected chi connectivity index (χ0v) is 17.4. The molecule has 1 N–H and O–H groups in total. The maximum absolute atomic E-state index is 12.6. The fraction of sp³-hybridized carbons (Fsp3) is 0.381. The topological polar surface area (TPSA) is 81.7 Å². The average Bonchev–Trinajstić information content (AvgIpc) is 2.96. The molecule has 0 bridgehead atoms. The Hall–Kier alpha value is -2.67. The van der Waals surface area contributed by atoms with E-state index < -0.39 is 11.9 Å². The third kappa shape index (κ3) is 5.66. The van der Waals surface area contributed by atoms with E-state index in [0.29, 0.717) is 17.0 Å². The number of carbonyl (C=O) groups excluding carboxylic acids is 3. The first kappa shape index (κ1) is 21.6. The van der Waals surface area contributed by atoms with Crippen molar-refractivity contribution < 1.29 is 23.9 Å². The van der Waals surface area contributed by atoms with Gasteiger partial charge in [0.15, 0.2) is 0 Å². The Kier molecular flexibility index (Phi) is 7.75. The van der Waals surface area contributed by atoms with Crippen molar-refractivity contribution in [2.75, 3.05) is 11.9 Å². The molecule has 0 aliphatic rings. The Morgan fingerprint density at radius 2 is 1.75 bits per heavy atom. The fourth-order valence-corrected chi connectivity index (χ4v) is 3.69. The molecule has 0 saturated carbocycles. The number of ether oxygens (including phenoxy) is 2. The maximum atomic E-state index is 12.6. The van der Waals surface area contributed by atoms with Gasteiger partial charge in [0, 0.05) is 6.42 Å². The van der Waals surface area contributed by atoms with Crippen LogP contribution in [0, 0.1) is 12.8 Å². The van der Waals surface area contributed by atoms with Crippen molar-refractivity contribution in [2.24, 2.45) is 5.92 Å². The number of esters is 2. The van der Waals surface area contributed by atoms with Gasteiger partial charge in [-0.2, -0.15) is 0 Å². The predicted octanol–water partition coefficient (Wildman–Crippen LogP) is 4.57. The summed E-state index contributed by atoms with van der Waals surface area (Å²) in [6, 6.07) is 9.32. The molecule has 1 heterocycles. The largest absolute Gasteiger partial charge is 0.462 e. The molecular formula is C21H25NO5S. The Morgan fingerprint density at radius 3 is 2.36 bits per heavy atom. The number of amides is 1. The Bertz CT molecular complexity index is 842. The van der Waals surface area contributed by atoms with E-state index in [0.717, 1.165) is 16.9 Å². The molecule has 0 unspecified atom stereocenters. The first-order valence-corrected chi connectivity index (χ1v) is 9.96. The zero-order chi connectivity index (χ0) is 20.7. The van der Waals surface area contributed by atoms with Gasteiger partial charge in [0.25, 0.3) is 0 Å². The second-order valence-electron chi connectivity index (χ2n) is 6.69. The lowest BCUT2D eigenvalue weighted by Gasteiger charge is -2.08. The molecule has 2 rings (SSSR count). The minimum Gasteiger partial charge on any atom is -0.462 e. The van der Waals surface area contributed by atoms with Crippen molar-refractivity contribution >= 4 is 34.2 Å². The molecule has 0 saturated heterocycles. The predicted molar refractivity (Wildman–Crippen MR) is 109 cm³/mol.